The lowest BCUT2D eigenvalue weighted by Crippen LogP contribution is -2.08. The van der Waals surface area contributed by atoms with E-state index >= 15 is 0 Å². The summed E-state index contributed by atoms with van der Waals surface area (Å²) in [5, 5.41) is 9.01. The number of hydrogen-bond donors (Lipinski definition) is 1. The lowest BCUT2D eigenvalue weighted by Gasteiger charge is -2.14. The summed E-state index contributed by atoms with van der Waals surface area (Å²) in [6.45, 7) is 0. The molecule has 2 aromatic rings. The van der Waals surface area contributed by atoms with Crippen LogP contribution < -0.4 is 0 Å². The Morgan fingerprint density at radius 3 is 2.67 bits per heavy atom. The maximum absolute atomic E-state index is 11.0. The molecular formula is C14H14N2O2. The van der Waals surface area contributed by atoms with Gasteiger partial charge in [0.05, 0.1) is 17.5 Å². The van der Waals surface area contributed by atoms with Gasteiger partial charge in [0.2, 0.25) is 0 Å². The van der Waals surface area contributed by atoms with Crippen LogP contribution in [0, 0.1) is 5.92 Å². The van der Waals surface area contributed by atoms with Crippen molar-refractivity contribution in [2.24, 2.45) is 5.92 Å². The Bertz CT molecular complexity index is 593. The molecule has 92 valence electrons. The predicted octanol–water partition coefficient (Wildman–Crippen LogP) is 2.60. The average molecular weight is 242 g/mol. The van der Waals surface area contributed by atoms with Crippen molar-refractivity contribution < 1.29 is 9.90 Å². The molecular weight excluding hydrogens is 228 g/mol. The SMILES string of the molecule is O=C(O)CC(c1ccc2nccnc2c1)C1CC1. The number of fused-ring (bicyclic) bond motifs is 1. The molecule has 1 aliphatic carbocycles. The number of hydrogen-bond acceptors (Lipinski definition) is 3. The fourth-order valence-corrected chi connectivity index (χ4v) is 2.45. The van der Waals surface area contributed by atoms with E-state index in [0.717, 1.165) is 29.4 Å². The molecule has 1 N–H and O–H groups in total. The minimum Gasteiger partial charge on any atom is -0.481 e. The van der Waals surface area contributed by atoms with Crippen LogP contribution in [0.15, 0.2) is 30.6 Å². The monoisotopic (exact) mass is 242 g/mol. The van der Waals surface area contributed by atoms with Crippen molar-refractivity contribution in [3.63, 3.8) is 0 Å². The van der Waals surface area contributed by atoms with E-state index < -0.39 is 5.97 Å². The lowest BCUT2D eigenvalue weighted by atomic mass is 9.91. The number of aliphatic carboxylic acids is 1. The van der Waals surface area contributed by atoms with E-state index in [1.165, 1.54) is 0 Å². The smallest absolute Gasteiger partial charge is 0.303 e. The second kappa shape index (κ2) is 4.37. The Morgan fingerprint density at radius 1 is 1.28 bits per heavy atom. The van der Waals surface area contributed by atoms with Gasteiger partial charge in [0, 0.05) is 12.4 Å². The highest BCUT2D eigenvalue weighted by Crippen LogP contribution is 2.44. The number of aromatic nitrogens is 2. The van der Waals surface area contributed by atoms with Gasteiger partial charge in [-0.15, -0.1) is 0 Å². The zero-order valence-corrected chi connectivity index (χ0v) is 9.91. The van der Waals surface area contributed by atoms with E-state index in [-0.39, 0.29) is 12.3 Å². The second-order valence-electron chi connectivity index (χ2n) is 4.85. The number of carboxylic acid groups (broad SMARTS) is 1. The first kappa shape index (κ1) is 11.1. The third kappa shape index (κ3) is 2.18. The summed E-state index contributed by atoms with van der Waals surface area (Å²) in [4.78, 5) is 19.4. The van der Waals surface area contributed by atoms with E-state index in [9.17, 15) is 4.79 Å². The van der Waals surface area contributed by atoms with Crippen LogP contribution >= 0.6 is 0 Å². The number of nitrogens with zero attached hydrogens (tertiary/aromatic N) is 2. The molecule has 4 nitrogen and oxygen atoms in total. The fraction of sp³-hybridized carbons (Fsp3) is 0.357. The minimum absolute atomic E-state index is 0.119. The summed E-state index contributed by atoms with van der Waals surface area (Å²) in [5.41, 5.74) is 2.77. The van der Waals surface area contributed by atoms with Crippen molar-refractivity contribution in [3.8, 4) is 0 Å². The Hall–Kier alpha value is -1.97. The predicted molar refractivity (Wildman–Crippen MR) is 67.3 cm³/mol. The Labute approximate surface area is 105 Å². The summed E-state index contributed by atoms with van der Waals surface area (Å²) in [6, 6.07) is 5.89. The van der Waals surface area contributed by atoms with Crippen LogP contribution in [-0.4, -0.2) is 21.0 Å². The largest absolute Gasteiger partial charge is 0.481 e. The normalized spacial score (nSPS) is 16.7. The van der Waals surface area contributed by atoms with Gasteiger partial charge in [-0.2, -0.15) is 0 Å². The highest BCUT2D eigenvalue weighted by atomic mass is 16.4. The zero-order valence-electron chi connectivity index (χ0n) is 9.91. The molecule has 4 heteroatoms. The Morgan fingerprint density at radius 2 is 2.00 bits per heavy atom. The van der Waals surface area contributed by atoms with Crippen LogP contribution in [0.4, 0.5) is 0 Å². The highest BCUT2D eigenvalue weighted by Gasteiger charge is 2.33. The first-order valence-electron chi connectivity index (χ1n) is 6.16. The molecule has 3 rings (SSSR count). The molecule has 18 heavy (non-hydrogen) atoms. The molecule has 1 saturated carbocycles. The van der Waals surface area contributed by atoms with E-state index in [1.807, 2.05) is 18.2 Å². The third-order valence-corrected chi connectivity index (χ3v) is 3.51. The van der Waals surface area contributed by atoms with Crippen LogP contribution in [0.2, 0.25) is 0 Å². The van der Waals surface area contributed by atoms with Crippen molar-refractivity contribution in [1.82, 2.24) is 9.97 Å². The molecule has 1 aromatic heterocycles. The van der Waals surface area contributed by atoms with Crippen LogP contribution in [0.1, 0.15) is 30.7 Å². The maximum Gasteiger partial charge on any atom is 0.303 e. The summed E-state index contributed by atoms with van der Waals surface area (Å²) in [7, 11) is 0. The van der Waals surface area contributed by atoms with Gasteiger partial charge in [-0.05, 0) is 42.4 Å². The molecule has 0 amide bonds. The van der Waals surface area contributed by atoms with Crippen LogP contribution in [0.5, 0.6) is 0 Å². The van der Waals surface area contributed by atoms with Gasteiger partial charge in [0.15, 0.2) is 0 Å². The number of carboxylic acids is 1. The summed E-state index contributed by atoms with van der Waals surface area (Å²) in [6.07, 6.45) is 5.80. The van der Waals surface area contributed by atoms with E-state index in [0.29, 0.717) is 5.92 Å². The van der Waals surface area contributed by atoms with Crippen molar-refractivity contribution in [1.29, 1.82) is 0 Å². The molecule has 0 saturated heterocycles. The molecule has 1 unspecified atom stereocenters. The van der Waals surface area contributed by atoms with E-state index in [1.54, 1.807) is 12.4 Å². The Balaban J connectivity index is 1.98. The van der Waals surface area contributed by atoms with Gasteiger partial charge in [0.25, 0.3) is 0 Å². The van der Waals surface area contributed by atoms with Crippen LogP contribution in [-0.2, 0) is 4.79 Å². The van der Waals surface area contributed by atoms with Gasteiger partial charge in [-0.3, -0.25) is 14.8 Å². The van der Waals surface area contributed by atoms with Crippen molar-refractivity contribution in [2.75, 3.05) is 0 Å². The van der Waals surface area contributed by atoms with Gasteiger partial charge in [-0.1, -0.05) is 6.07 Å². The summed E-state index contributed by atoms with van der Waals surface area (Å²) in [5.74, 6) is -0.0877. The van der Waals surface area contributed by atoms with Crippen LogP contribution in [0.3, 0.4) is 0 Å². The van der Waals surface area contributed by atoms with E-state index in [4.69, 9.17) is 5.11 Å². The maximum atomic E-state index is 11.0. The molecule has 0 bridgehead atoms. The van der Waals surface area contributed by atoms with Crippen molar-refractivity contribution in [3.05, 3.63) is 36.2 Å². The minimum atomic E-state index is -0.730. The molecule has 0 spiro atoms. The molecule has 1 fully saturated rings. The molecule has 1 aliphatic rings. The first-order valence-corrected chi connectivity index (χ1v) is 6.16. The van der Waals surface area contributed by atoms with Gasteiger partial charge in [0.1, 0.15) is 0 Å². The van der Waals surface area contributed by atoms with Crippen molar-refractivity contribution in [2.45, 2.75) is 25.2 Å². The second-order valence-corrected chi connectivity index (χ2v) is 4.85. The first-order chi connectivity index (χ1) is 8.74. The lowest BCUT2D eigenvalue weighted by molar-refractivity contribution is -0.137. The number of rotatable bonds is 4. The quantitative estimate of drug-likeness (QED) is 0.895. The molecule has 1 atom stereocenters. The number of carbonyl (C=O) groups is 1. The van der Waals surface area contributed by atoms with Gasteiger partial charge < -0.3 is 5.11 Å². The molecule has 0 aliphatic heterocycles. The standard InChI is InChI=1S/C14H14N2O2/c17-14(18)8-11(9-1-2-9)10-3-4-12-13(7-10)16-6-5-15-12/h3-7,9,11H,1-2,8H2,(H,17,18). The topological polar surface area (TPSA) is 63.1 Å². The van der Waals surface area contributed by atoms with Gasteiger partial charge >= 0.3 is 5.97 Å². The molecule has 1 aromatic carbocycles. The van der Waals surface area contributed by atoms with Gasteiger partial charge in [-0.25, -0.2) is 0 Å². The molecule has 0 radical (unpaired) electrons. The molecule has 1 heterocycles. The fourth-order valence-electron chi connectivity index (χ4n) is 2.45. The third-order valence-electron chi connectivity index (χ3n) is 3.51. The number of benzene rings is 1. The zero-order chi connectivity index (χ0) is 12.5. The summed E-state index contributed by atoms with van der Waals surface area (Å²) >= 11 is 0. The average Bonchev–Trinajstić information content (AvgIpc) is 3.19. The van der Waals surface area contributed by atoms with Crippen LogP contribution in [0.25, 0.3) is 11.0 Å². The van der Waals surface area contributed by atoms with E-state index in [2.05, 4.69) is 9.97 Å². The highest BCUT2D eigenvalue weighted by molar-refractivity contribution is 5.75. The Kier molecular flexibility index (Phi) is 2.70. The summed E-state index contributed by atoms with van der Waals surface area (Å²) < 4.78 is 0. The van der Waals surface area contributed by atoms with Crippen molar-refractivity contribution >= 4 is 17.0 Å².